The fourth-order valence-electron chi connectivity index (χ4n) is 1.65. The second-order valence-corrected chi connectivity index (χ2v) is 3.66. The summed E-state index contributed by atoms with van der Waals surface area (Å²) in [6.07, 6.45) is 6.50. The summed E-state index contributed by atoms with van der Waals surface area (Å²) in [4.78, 5) is 0. The minimum absolute atomic E-state index is 0.368. The van der Waals surface area contributed by atoms with E-state index < -0.39 is 0 Å². The molecule has 0 unspecified atom stereocenters. The van der Waals surface area contributed by atoms with Gasteiger partial charge in [0, 0.05) is 6.42 Å². The molecule has 0 bridgehead atoms. The van der Waals surface area contributed by atoms with E-state index in [2.05, 4.69) is 0 Å². The molecule has 0 atom stereocenters. The third-order valence-corrected chi connectivity index (χ3v) is 2.70. The molecule has 2 rings (SSSR count). The van der Waals surface area contributed by atoms with Crippen molar-refractivity contribution in [2.24, 2.45) is 0 Å². The molecule has 0 spiro atoms. The van der Waals surface area contributed by atoms with Crippen molar-refractivity contribution >= 4 is 0 Å². The first-order valence-electron chi connectivity index (χ1n) is 4.53. The number of aliphatic hydroxyl groups is 1. The van der Waals surface area contributed by atoms with Crippen molar-refractivity contribution in [2.75, 3.05) is 0 Å². The first kappa shape index (κ1) is 7.87. The van der Waals surface area contributed by atoms with Crippen LogP contribution in [0.4, 0.5) is 0 Å². The molecule has 1 aliphatic carbocycles. The van der Waals surface area contributed by atoms with Gasteiger partial charge in [0.05, 0.1) is 11.9 Å². The van der Waals surface area contributed by atoms with Gasteiger partial charge in [-0.2, -0.15) is 0 Å². The maximum Gasteiger partial charge on any atom is 0.103 e. The summed E-state index contributed by atoms with van der Waals surface area (Å²) in [5, 5.41) is 9.77. The summed E-state index contributed by atoms with van der Waals surface area (Å²) < 4.78 is 5.19. The highest BCUT2D eigenvalue weighted by molar-refractivity contribution is 5.00. The highest BCUT2D eigenvalue weighted by Crippen LogP contribution is 2.35. The number of rotatable bonds is 3. The van der Waals surface area contributed by atoms with E-state index in [0.29, 0.717) is 0 Å². The molecular weight excluding hydrogens is 152 g/mol. The Kier molecular flexibility index (Phi) is 1.93. The Morgan fingerprint density at radius 2 is 2.33 bits per heavy atom. The molecule has 0 radical (unpaired) electrons. The summed E-state index contributed by atoms with van der Waals surface area (Å²) in [7, 11) is 0. The smallest absolute Gasteiger partial charge is 0.103 e. The highest BCUT2D eigenvalue weighted by atomic mass is 16.3. The van der Waals surface area contributed by atoms with Crippen LogP contribution in [0, 0.1) is 0 Å². The lowest BCUT2D eigenvalue weighted by Gasteiger charge is -2.36. The monoisotopic (exact) mass is 166 g/mol. The standard InChI is InChI=1S/C10H14O2/c11-10(5-2-6-10)7-4-9-3-1-8-12-9/h1,3,8,11H,2,4-7H2. The largest absolute Gasteiger partial charge is 0.469 e. The Bertz CT molecular complexity index is 234. The Balaban J connectivity index is 1.82. The first-order chi connectivity index (χ1) is 5.79. The molecule has 2 nitrogen and oxygen atoms in total. The summed E-state index contributed by atoms with van der Waals surface area (Å²) in [5.74, 6) is 0.982. The first-order valence-corrected chi connectivity index (χ1v) is 4.53. The van der Waals surface area contributed by atoms with Crippen LogP contribution in [0.25, 0.3) is 0 Å². The second-order valence-electron chi connectivity index (χ2n) is 3.66. The SMILES string of the molecule is OC1(CCc2ccco2)CCC1. The van der Waals surface area contributed by atoms with Gasteiger partial charge in [0.1, 0.15) is 5.76 Å². The molecule has 1 aromatic rings. The lowest BCUT2D eigenvalue weighted by Crippen LogP contribution is -2.36. The predicted octanol–water partition coefficient (Wildman–Crippen LogP) is 2.13. The Labute approximate surface area is 72.2 Å². The predicted molar refractivity (Wildman–Crippen MR) is 45.8 cm³/mol. The van der Waals surface area contributed by atoms with Crippen LogP contribution in [-0.4, -0.2) is 10.7 Å². The quantitative estimate of drug-likeness (QED) is 0.746. The molecule has 0 aliphatic heterocycles. The summed E-state index contributed by atoms with van der Waals surface area (Å²) in [6, 6.07) is 3.85. The number of furan rings is 1. The molecule has 1 heterocycles. The molecule has 1 N–H and O–H groups in total. The van der Waals surface area contributed by atoms with Gasteiger partial charge in [0.2, 0.25) is 0 Å². The highest BCUT2D eigenvalue weighted by Gasteiger charge is 2.33. The van der Waals surface area contributed by atoms with Crippen LogP contribution in [0.15, 0.2) is 22.8 Å². The van der Waals surface area contributed by atoms with Crippen LogP contribution < -0.4 is 0 Å². The van der Waals surface area contributed by atoms with E-state index in [4.69, 9.17) is 4.42 Å². The Hall–Kier alpha value is -0.760. The lowest BCUT2D eigenvalue weighted by atomic mass is 9.77. The van der Waals surface area contributed by atoms with Crippen molar-refractivity contribution in [3.8, 4) is 0 Å². The molecule has 1 aromatic heterocycles. The van der Waals surface area contributed by atoms with Crippen molar-refractivity contribution in [3.63, 3.8) is 0 Å². The van der Waals surface area contributed by atoms with Crippen LogP contribution >= 0.6 is 0 Å². The molecule has 12 heavy (non-hydrogen) atoms. The zero-order chi connectivity index (χ0) is 8.44. The van der Waals surface area contributed by atoms with Crippen LogP contribution in [0.3, 0.4) is 0 Å². The van der Waals surface area contributed by atoms with Gasteiger partial charge in [-0.3, -0.25) is 0 Å². The zero-order valence-electron chi connectivity index (χ0n) is 7.12. The topological polar surface area (TPSA) is 33.4 Å². The van der Waals surface area contributed by atoms with Gasteiger partial charge in [-0.25, -0.2) is 0 Å². The van der Waals surface area contributed by atoms with Gasteiger partial charge in [-0.1, -0.05) is 0 Å². The van der Waals surface area contributed by atoms with Crippen molar-refractivity contribution in [2.45, 2.75) is 37.7 Å². The summed E-state index contributed by atoms with van der Waals surface area (Å²) in [5.41, 5.74) is -0.368. The van der Waals surface area contributed by atoms with Crippen LogP contribution in [-0.2, 0) is 6.42 Å². The Morgan fingerprint density at radius 1 is 1.50 bits per heavy atom. The molecule has 1 fully saturated rings. The van der Waals surface area contributed by atoms with Crippen molar-refractivity contribution < 1.29 is 9.52 Å². The second kappa shape index (κ2) is 2.94. The maximum absolute atomic E-state index is 9.77. The molecule has 0 aromatic carbocycles. The van der Waals surface area contributed by atoms with Gasteiger partial charge < -0.3 is 9.52 Å². The van der Waals surface area contributed by atoms with E-state index in [0.717, 1.165) is 31.4 Å². The van der Waals surface area contributed by atoms with Gasteiger partial charge in [-0.15, -0.1) is 0 Å². The molecule has 66 valence electrons. The van der Waals surface area contributed by atoms with Crippen LogP contribution in [0.2, 0.25) is 0 Å². The van der Waals surface area contributed by atoms with Crippen molar-refractivity contribution in [1.29, 1.82) is 0 Å². The zero-order valence-corrected chi connectivity index (χ0v) is 7.12. The maximum atomic E-state index is 9.77. The van der Waals surface area contributed by atoms with Crippen molar-refractivity contribution in [3.05, 3.63) is 24.2 Å². The average Bonchev–Trinajstić information content (AvgIpc) is 2.49. The minimum Gasteiger partial charge on any atom is -0.469 e. The molecule has 2 heteroatoms. The van der Waals surface area contributed by atoms with Gasteiger partial charge >= 0.3 is 0 Å². The Morgan fingerprint density at radius 3 is 2.83 bits per heavy atom. The fourth-order valence-corrected chi connectivity index (χ4v) is 1.65. The molecular formula is C10H14O2. The summed E-state index contributed by atoms with van der Waals surface area (Å²) >= 11 is 0. The summed E-state index contributed by atoms with van der Waals surface area (Å²) in [6.45, 7) is 0. The van der Waals surface area contributed by atoms with Gasteiger partial charge in [0.25, 0.3) is 0 Å². The molecule has 1 saturated carbocycles. The minimum atomic E-state index is -0.368. The lowest BCUT2D eigenvalue weighted by molar-refractivity contribution is -0.0406. The number of hydrogen-bond acceptors (Lipinski definition) is 2. The molecule has 1 aliphatic rings. The molecule has 0 saturated heterocycles. The normalized spacial score (nSPS) is 20.4. The van der Waals surface area contributed by atoms with E-state index in [1.807, 2.05) is 12.1 Å². The van der Waals surface area contributed by atoms with E-state index in [1.165, 1.54) is 6.42 Å². The van der Waals surface area contributed by atoms with E-state index in [-0.39, 0.29) is 5.60 Å². The molecule has 0 amide bonds. The van der Waals surface area contributed by atoms with Crippen LogP contribution in [0.5, 0.6) is 0 Å². The third kappa shape index (κ3) is 1.53. The number of hydrogen-bond donors (Lipinski definition) is 1. The van der Waals surface area contributed by atoms with Gasteiger partial charge in [0.15, 0.2) is 0 Å². The van der Waals surface area contributed by atoms with E-state index in [1.54, 1.807) is 6.26 Å². The number of aryl methyl sites for hydroxylation is 1. The average molecular weight is 166 g/mol. The van der Waals surface area contributed by atoms with E-state index >= 15 is 0 Å². The fraction of sp³-hybridized carbons (Fsp3) is 0.600. The van der Waals surface area contributed by atoms with E-state index in [9.17, 15) is 5.11 Å². The van der Waals surface area contributed by atoms with Crippen LogP contribution in [0.1, 0.15) is 31.4 Å². The van der Waals surface area contributed by atoms with Crippen molar-refractivity contribution in [1.82, 2.24) is 0 Å². The third-order valence-electron chi connectivity index (χ3n) is 2.70. The van der Waals surface area contributed by atoms with Gasteiger partial charge in [-0.05, 0) is 37.8 Å².